The predicted molar refractivity (Wildman–Crippen MR) is 113 cm³/mol. The van der Waals surface area contributed by atoms with Crippen LogP contribution in [0.2, 0.25) is 0 Å². The number of nitrogens with zero attached hydrogens (tertiary/aromatic N) is 6. The minimum Gasteiger partial charge on any atom is -0.290 e. The van der Waals surface area contributed by atoms with Gasteiger partial charge in [0.25, 0.3) is 0 Å². The lowest BCUT2D eigenvalue weighted by Crippen LogP contribution is -2.65. The normalized spacial score (nSPS) is 18.9. The molecule has 146 valence electrons. The third-order valence-corrected chi connectivity index (χ3v) is 5.86. The Balaban J connectivity index is 1.86. The van der Waals surface area contributed by atoms with Crippen molar-refractivity contribution >= 4 is 16.6 Å². The molecule has 2 aromatic heterocycles. The topological polar surface area (TPSA) is 58.0 Å². The van der Waals surface area contributed by atoms with Crippen LogP contribution in [-0.4, -0.2) is 43.5 Å². The largest absolute Gasteiger partial charge is 0.290 e. The zero-order chi connectivity index (χ0) is 19.9. The lowest BCUT2D eigenvalue weighted by Gasteiger charge is -2.56. The van der Waals surface area contributed by atoms with E-state index in [4.69, 9.17) is 0 Å². The summed E-state index contributed by atoms with van der Waals surface area (Å²) in [5.74, 6) is 0.802. The van der Waals surface area contributed by atoms with E-state index in [1.807, 2.05) is 18.2 Å². The van der Waals surface area contributed by atoms with Crippen molar-refractivity contribution in [1.82, 2.24) is 25.4 Å². The van der Waals surface area contributed by atoms with Crippen molar-refractivity contribution in [2.24, 2.45) is 0 Å². The summed E-state index contributed by atoms with van der Waals surface area (Å²) in [5.41, 5.74) is 1.83. The fraction of sp³-hybridized carbons (Fsp3) is 0.455. The number of fused-ring (bicyclic) bond motifs is 1. The molecule has 0 radical (unpaired) electrons. The average molecular weight is 377 g/mol. The second kappa shape index (κ2) is 6.78. The standard InChI is InChI=1S/C22H28N6/c1-21(2)12-8-13-22(3,4)28(21)27(5)20-18(11-14-23-26-20)19-17-10-7-6-9-16(17)15-24-25-19/h6-7,9-11,14-15H,8,12-13H2,1-5H3. The van der Waals surface area contributed by atoms with Crippen molar-refractivity contribution in [2.45, 2.75) is 58.0 Å². The number of hydrogen-bond acceptors (Lipinski definition) is 6. The van der Waals surface area contributed by atoms with E-state index in [0.29, 0.717) is 0 Å². The van der Waals surface area contributed by atoms with Gasteiger partial charge in [-0.15, -0.1) is 10.2 Å². The van der Waals surface area contributed by atoms with Gasteiger partial charge >= 0.3 is 0 Å². The minimum atomic E-state index is 0.0235. The van der Waals surface area contributed by atoms with Crippen LogP contribution < -0.4 is 5.01 Å². The molecule has 0 amide bonds. The smallest absolute Gasteiger partial charge is 0.174 e. The van der Waals surface area contributed by atoms with E-state index in [1.54, 1.807) is 12.4 Å². The van der Waals surface area contributed by atoms with E-state index in [9.17, 15) is 0 Å². The molecule has 0 bridgehead atoms. The van der Waals surface area contributed by atoms with Crippen LogP contribution in [0.15, 0.2) is 42.7 Å². The summed E-state index contributed by atoms with van der Waals surface area (Å²) in [6.45, 7) is 9.21. The summed E-state index contributed by atoms with van der Waals surface area (Å²) in [7, 11) is 2.08. The molecule has 0 aliphatic carbocycles. The van der Waals surface area contributed by atoms with Crippen molar-refractivity contribution in [2.75, 3.05) is 12.1 Å². The molecular weight excluding hydrogens is 348 g/mol. The molecule has 4 rings (SSSR count). The summed E-state index contributed by atoms with van der Waals surface area (Å²) in [4.78, 5) is 0. The number of piperidine rings is 1. The van der Waals surface area contributed by atoms with Gasteiger partial charge < -0.3 is 0 Å². The van der Waals surface area contributed by atoms with Crippen LogP contribution in [0.4, 0.5) is 5.82 Å². The summed E-state index contributed by atoms with van der Waals surface area (Å²) < 4.78 is 0. The van der Waals surface area contributed by atoms with E-state index in [2.05, 4.69) is 77.3 Å². The molecule has 0 spiro atoms. The second-order valence-electron chi connectivity index (χ2n) is 8.86. The highest BCUT2D eigenvalue weighted by atomic mass is 15.7. The molecule has 1 aliphatic rings. The fourth-order valence-corrected chi connectivity index (χ4v) is 4.87. The molecule has 3 aromatic rings. The summed E-state index contributed by atoms with van der Waals surface area (Å²) in [6, 6.07) is 10.2. The van der Waals surface area contributed by atoms with Crippen LogP contribution in [0.1, 0.15) is 47.0 Å². The Kier molecular flexibility index (Phi) is 4.54. The number of benzene rings is 1. The molecule has 6 heteroatoms. The van der Waals surface area contributed by atoms with Gasteiger partial charge in [-0.1, -0.05) is 24.3 Å². The highest BCUT2D eigenvalue weighted by molar-refractivity contribution is 5.96. The number of anilines is 1. The Labute approximate surface area is 166 Å². The second-order valence-corrected chi connectivity index (χ2v) is 8.86. The molecule has 28 heavy (non-hydrogen) atoms. The predicted octanol–water partition coefficient (Wildman–Crippen LogP) is 4.48. The number of hydrazine groups is 1. The molecule has 0 unspecified atom stereocenters. The Hall–Kier alpha value is -2.60. The van der Waals surface area contributed by atoms with Crippen molar-refractivity contribution in [1.29, 1.82) is 0 Å². The number of rotatable bonds is 3. The zero-order valence-electron chi connectivity index (χ0n) is 17.3. The average Bonchev–Trinajstić information content (AvgIpc) is 2.66. The molecule has 6 nitrogen and oxygen atoms in total. The number of aromatic nitrogens is 4. The lowest BCUT2D eigenvalue weighted by atomic mass is 9.81. The maximum atomic E-state index is 4.53. The van der Waals surface area contributed by atoms with E-state index >= 15 is 0 Å². The fourth-order valence-electron chi connectivity index (χ4n) is 4.87. The maximum Gasteiger partial charge on any atom is 0.174 e. The first kappa shape index (κ1) is 18.7. The SMILES string of the molecule is CN(c1nnccc1-c1nncc2ccccc12)N1C(C)(C)CCCC1(C)C. The molecular formula is C22H28N6. The molecule has 0 saturated carbocycles. The number of hydrogen-bond donors (Lipinski definition) is 0. The van der Waals surface area contributed by atoms with E-state index in [-0.39, 0.29) is 11.1 Å². The van der Waals surface area contributed by atoms with Gasteiger partial charge in [0.1, 0.15) is 5.69 Å². The summed E-state index contributed by atoms with van der Waals surface area (Å²) in [5, 5.41) is 24.2. The highest BCUT2D eigenvalue weighted by Crippen LogP contribution is 2.42. The zero-order valence-corrected chi connectivity index (χ0v) is 17.3. The Bertz CT molecular complexity index is 976. The lowest BCUT2D eigenvalue weighted by molar-refractivity contribution is -0.0331. The van der Waals surface area contributed by atoms with Crippen LogP contribution in [0.3, 0.4) is 0 Å². The third kappa shape index (κ3) is 3.11. The van der Waals surface area contributed by atoms with Gasteiger partial charge in [-0.25, -0.2) is 5.01 Å². The van der Waals surface area contributed by atoms with Gasteiger partial charge in [0, 0.05) is 28.9 Å². The molecule has 3 heterocycles. The van der Waals surface area contributed by atoms with Gasteiger partial charge in [-0.3, -0.25) is 5.01 Å². The Morgan fingerprint density at radius 3 is 2.39 bits per heavy atom. The van der Waals surface area contributed by atoms with Crippen molar-refractivity contribution in [3.63, 3.8) is 0 Å². The van der Waals surface area contributed by atoms with Crippen LogP contribution in [0.5, 0.6) is 0 Å². The Morgan fingerprint density at radius 1 is 0.929 bits per heavy atom. The molecule has 1 aromatic carbocycles. The van der Waals surface area contributed by atoms with Crippen molar-refractivity contribution < 1.29 is 0 Å². The first-order valence-corrected chi connectivity index (χ1v) is 9.88. The van der Waals surface area contributed by atoms with Gasteiger partial charge in [0.05, 0.1) is 18.0 Å². The third-order valence-electron chi connectivity index (χ3n) is 5.86. The van der Waals surface area contributed by atoms with Crippen molar-refractivity contribution in [3.05, 3.63) is 42.7 Å². The van der Waals surface area contributed by atoms with Crippen LogP contribution in [0.25, 0.3) is 22.0 Å². The van der Waals surface area contributed by atoms with Crippen LogP contribution >= 0.6 is 0 Å². The van der Waals surface area contributed by atoms with E-state index < -0.39 is 0 Å². The molecule has 1 aliphatic heterocycles. The van der Waals surface area contributed by atoms with Crippen molar-refractivity contribution in [3.8, 4) is 11.3 Å². The molecule has 1 fully saturated rings. The van der Waals surface area contributed by atoms with Gasteiger partial charge in [0.15, 0.2) is 5.82 Å². The molecule has 0 N–H and O–H groups in total. The first-order chi connectivity index (χ1) is 13.3. The molecule has 0 atom stereocenters. The monoisotopic (exact) mass is 376 g/mol. The van der Waals surface area contributed by atoms with E-state index in [0.717, 1.165) is 40.7 Å². The Morgan fingerprint density at radius 2 is 1.64 bits per heavy atom. The molecule has 1 saturated heterocycles. The van der Waals surface area contributed by atoms with Crippen LogP contribution in [0, 0.1) is 0 Å². The summed E-state index contributed by atoms with van der Waals surface area (Å²) >= 11 is 0. The van der Waals surface area contributed by atoms with Gasteiger partial charge in [-0.05, 0) is 53.0 Å². The van der Waals surface area contributed by atoms with Gasteiger partial charge in [0.2, 0.25) is 0 Å². The quantitative estimate of drug-likeness (QED) is 0.672. The summed E-state index contributed by atoms with van der Waals surface area (Å²) in [6.07, 6.45) is 7.04. The maximum absolute atomic E-state index is 4.53. The van der Waals surface area contributed by atoms with E-state index in [1.165, 1.54) is 6.42 Å². The highest BCUT2D eigenvalue weighted by Gasteiger charge is 2.44. The minimum absolute atomic E-state index is 0.0235. The first-order valence-electron chi connectivity index (χ1n) is 9.88. The van der Waals surface area contributed by atoms with Crippen LogP contribution in [-0.2, 0) is 0 Å². The van der Waals surface area contributed by atoms with Gasteiger partial charge in [-0.2, -0.15) is 10.2 Å².